The fourth-order valence-corrected chi connectivity index (χ4v) is 3.91. The summed E-state index contributed by atoms with van der Waals surface area (Å²) in [5.41, 5.74) is -8.35. The largest absolute Gasteiger partial charge is 0.386 e. The molecular weight excluding hydrogens is 476 g/mol. The molecule has 4 atom stereocenters. The Balaban J connectivity index is 2.22. The lowest BCUT2D eigenvalue weighted by molar-refractivity contribution is -0.175. The van der Waals surface area contributed by atoms with Crippen molar-refractivity contribution >= 4 is 34.2 Å². The second-order valence-electron chi connectivity index (χ2n) is 7.76. The Kier molecular flexibility index (Phi) is 7.74. The van der Waals surface area contributed by atoms with Crippen molar-refractivity contribution < 1.29 is 39.6 Å². The fraction of sp³-hybridized carbons (Fsp3) is 0.154. The van der Waals surface area contributed by atoms with Gasteiger partial charge in [0.25, 0.3) is 5.24 Å². The Morgan fingerprint density at radius 1 is 0.629 bits per heavy atom. The Hall–Kier alpha value is -3.53. The van der Waals surface area contributed by atoms with Gasteiger partial charge in [0.15, 0.2) is 5.78 Å². The van der Waals surface area contributed by atoms with E-state index in [0.29, 0.717) is 0 Å². The second-order valence-corrected chi connectivity index (χ2v) is 8.10. The van der Waals surface area contributed by atoms with Gasteiger partial charge in [-0.1, -0.05) is 91.0 Å². The predicted molar refractivity (Wildman–Crippen MR) is 125 cm³/mol. The average Bonchev–Trinajstić information content (AvgIpc) is 2.91. The van der Waals surface area contributed by atoms with Crippen LogP contribution in [0, 0.1) is 0 Å². The summed E-state index contributed by atoms with van der Waals surface area (Å²) >= 11 is 5.59. The molecule has 0 heterocycles. The lowest BCUT2D eigenvalue weighted by Gasteiger charge is -2.42. The summed E-state index contributed by atoms with van der Waals surface area (Å²) in [5.74, 6) is -4.19. The maximum atomic E-state index is 13.5. The van der Waals surface area contributed by atoms with Gasteiger partial charge in [0.2, 0.25) is 22.8 Å². The molecule has 35 heavy (non-hydrogen) atoms. The lowest BCUT2D eigenvalue weighted by atomic mass is 9.69. The highest BCUT2D eigenvalue weighted by Gasteiger charge is 2.69. The van der Waals surface area contributed by atoms with E-state index in [1.165, 1.54) is 84.9 Å². The molecule has 9 heteroatoms. The van der Waals surface area contributed by atoms with Gasteiger partial charge in [0.1, 0.15) is 12.2 Å². The van der Waals surface area contributed by atoms with Crippen LogP contribution in [0.4, 0.5) is 0 Å². The van der Waals surface area contributed by atoms with Crippen molar-refractivity contribution in [3.8, 4) is 0 Å². The minimum atomic E-state index is -3.79. The number of aliphatic hydroxyl groups excluding tert-OH is 2. The predicted octanol–water partition coefficient (Wildman–Crippen LogP) is 1.58. The van der Waals surface area contributed by atoms with Crippen LogP contribution in [0.1, 0.15) is 31.1 Å². The molecule has 3 rings (SSSR count). The van der Waals surface area contributed by atoms with E-state index in [4.69, 9.17) is 11.6 Å². The SMILES string of the molecule is O=C(c1ccccc1)C(O)C(O)C(O)(C(=O)c1ccccc1)C(O)(C(=O)Cl)C(=O)c1ccccc1. The maximum Gasteiger partial charge on any atom is 0.265 e. The molecule has 0 saturated carbocycles. The van der Waals surface area contributed by atoms with Crippen molar-refractivity contribution in [2.24, 2.45) is 0 Å². The molecule has 3 aromatic carbocycles. The summed E-state index contributed by atoms with van der Waals surface area (Å²) < 4.78 is 0. The lowest BCUT2D eigenvalue weighted by Crippen LogP contribution is -2.74. The Morgan fingerprint density at radius 3 is 1.40 bits per heavy atom. The zero-order chi connectivity index (χ0) is 25.8. The molecule has 0 aliphatic rings. The van der Waals surface area contributed by atoms with Crippen LogP contribution in [0.2, 0.25) is 0 Å². The first-order valence-electron chi connectivity index (χ1n) is 10.4. The number of hydrogen-bond donors (Lipinski definition) is 4. The van der Waals surface area contributed by atoms with Crippen molar-refractivity contribution in [3.63, 3.8) is 0 Å². The Morgan fingerprint density at radius 2 is 1.00 bits per heavy atom. The summed E-state index contributed by atoms with van der Waals surface area (Å²) in [4.78, 5) is 52.2. The van der Waals surface area contributed by atoms with Gasteiger partial charge in [0.05, 0.1) is 0 Å². The molecule has 4 N–H and O–H groups in total. The van der Waals surface area contributed by atoms with Gasteiger partial charge < -0.3 is 20.4 Å². The molecule has 0 aromatic heterocycles. The summed E-state index contributed by atoms with van der Waals surface area (Å²) in [6.45, 7) is 0. The number of hydrogen-bond acceptors (Lipinski definition) is 8. The van der Waals surface area contributed by atoms with Gasteiger partial charge in [-0.25, -0.2) is 0 Å². The van der Waals surface area contributed by atoms with Crippen molar-refractivity contribution in [2.45, 2.75) is 23.4 Å². The molecule has 4 unspecified atom stereocenters. The van der Waals surface area contributed by atoms with Crippen LogP contribution in [0.15, 0.2) is 91.0 Å². The van der Waals surface area contributed by atoms with E-state index in [-0.39, 0.29) is 16.7 Å². The van der Waals surface area contributed by atoms with E-state index in [9.17, 15) is 39.6 Å². The molecule has 0 radical (unpaired) electrons. The van der Waals surface area contributed by atoms with Crippen molar-refractivity contribution in [1.29, 1.82) is 0 Å². The third-order valence-corrected chi connectivity index (χ3v) is 5.91. The van der Waals surface area contributed by atoms with E-state index >= 15 is 0 Å². The minimum Gasteiger partial charge on any atom is -0.386 e. The van der Waals surface area contributed by atoms with Crippen molar-refractivity contribution in [3.05, 3.63) is 108 Å². The second kappa shape index (κ2) is 10.4. The summed E-state index contributed by atoms with van der Waals surface area (Å²) in [6, 6.07) is 20.4. The van der Waals surface area contributed by atoms with Crippen LogP contribution in [-0.2, 0) is 4.79 Å². The van der Waals surface area contributed by atoms with Crippen molar-refractivity contribution in [1.82, 2.24) is 0 Å². The van der Waals surface area contributed by atoms with Gasteiger partial charge in [-0.15, -0.1) is 0 Å². The molecule has 0 amide bonds. The van der Waals surface area contributed by atoms with Gasteiger partial charge in [0, 0.05) is 16.7 Å². The highest BCUT2D eigenvalue weighted by Crippen LogP contribution is 2.37. The van der Waals surface area contributed by atoms with E-state index in [2.05, 4.69) is 0 Å². The normalized spacial score (nSPS) is 16.3. The number of aliphatic hydroxyl groups is 4. The number of ketones is 3. The smallest absolute Gasteiger partial charge is 0.265 e. The van der Waals surface area contributed by atoms with Crippen LogP contribution < -0.4 is 0 Å². The van der Waals surface area contributed by atoms with Crippen LogP contribution >= 0.6 is 11.6 Å². The maximum absolute atomic E-state index is 13.5. The number of rotatable bonds is 10. The highest BCUT2D eigenvalue weighted by atomic mass is 35.5. The number of Topliss-reactive ketones (excluding diaryl/α,β-unsaturated/α-hetero) is 3. The first kappa shape index (κ1) is 26.1. The highest BCUT2D eigenvalue weighted by molar-refractivity contribution is 6.68. The zero-order valence-corrected chi connectivity index (χ0v) is 18.9. The molecule has 8 nitrogen and oxygen atoms in total. The summed E-state index contributed by atoms with van der Waals surface area (Å²) in [5, 5.41) is 42.7. The molecule has 0 fully saturated rings. The Bertz CT molecular complexity index is 1230. The molecule has 0 bridgehead atoms. The third-order valence-electron chi connectivity index (χ3n) is 5.64. The standard InChI is InChI=1S/C26H21ClO8/c27-24(33)26(35,22(31)18-14-8-3-9-15-18)25(34,21(30)17-12-6-2-7-13-17)23(32)20(29)19(28)16-10-4-1-5-11-16/h1-15,20,23,29,32,34-35H. The third kappa shape index (κ3) is 4.58. The number of halogens is 1. The topological polar surface area (TPSA) is 149 Å². The zero-order valence-electron chi connectivity index (χ0n) is 18.1. The van der Waals surface area contributed by atoms with Gasteiger partial charge >= 0.3 is 0 Å². The van der Waals surface area contributed by atoms with Crippen LogP contribution in [0.25, 0.3) is 0 Å². The average molecular weight is 497 g/mol. The molecular formula is C26H21ClO8. The van der Waals surface area contributed by atoms with Crippen LogP contribution in [-0.4, -0.2) is 66.4 Å². The van der Waals surface area contributed by atoms with Gasteiger partial charge in [-0.2, -0.15) is 0 Å². The number of benzene rings is 3. The Labute approximate surface area is 205 Å². The van der Waals surface area contributed by atoms with Gasteiger partial charge in [-0.05, 0) is 11.6 Å². The first-order valence-corrected chi connectivity index (χ1v) is 10.7. The van der Waals surface area contributed by atoms with Gasteiger partial charge in [-0.3, -0.25) is 19.2 Å². The summed E-state index contributed by atoms with van der Waals surface area (Å²) in [7, 11) is 0. The molecule has 0 aliphatic carbocycles. The van der Waals surface area contributed by atoms with E-state index < -0.39 is 46.0 Å². The molecule has 0 aliphatic heterocycles. The fourth-order valence-electron chi connectivity index (χ4n) is 3.68. The van der Waals surface area contributed by atoms with E-state index in [1.54, 1.807) is 6.07 Å². The quantitative estimate of drug-likeness (QED) is 0.188. The van der Waals surface area contributed by atoms with Crippen molar-refractivity contribution in [2.75, 3.05) is 0 Å². The van der Waals surface area contributed by atoms with E-state index in [0.717, 1.165) is 0 Å². The van der Waals surface area contributed by atoms with E-state index in [1.807, 2.05) is 0 Å². The number of carbonyl (C=O) groups is 4. The number of carbonyl (C=O) groups excluding carboxylic acids is 4. The van der Waals surface area contributed by atoms with Crippen LogP contribution in [0.5, 0.6) is 0 Å². The first-order chi connectivity index (χ1) is 16.6. The molecule has 0 saturated heterocycles. The minimum absolute atomic E-state index is 0.108. The molecule has 3 aromatic rings. The summed E-state index contributed by atoms with van der Waals surface area (Å²) in [6.07, 6.45) is -5.40. The molecule has 180 valence electrons. The molecule has 0 spiro atoms. The monoisotopic (exact) mass is 496 g/mol. The van der Waals surface area contributed by atoms with Crippen LogP contribution in [0.3, 0.4) is 0 Å².